The second kappa shape index (κ2) is 9.71. The van der Waals surface area contributed by atoms with E-state index >= 15 is 0 Å². The van der Waals surface area contributed by atoms with Crippen molar-refractivity contribution in [3.8, 4) is 0 Å². The summed E-state index contributed by atoms with van der Waals surface area (Å²) in [6.07, 6.45) is 1.42. The highest BCUT2D eigenvalue weighted by molar-refractivity contribution is 7.89. The minimum atomic E-state index is -3.85. The number of carbonyl (C=O) groups excluding carboxylic acids is 2. The molecule has 0 saturated heterocycles. The maximum atomic E-state index is 13.6. The standard InChI is InChI=1S/C21H19F2N3O5S/c1-24-21(28)19(14-6-9-17(22)18(23)11-14)26-20(27)13-4-7-16(8-5-13)32(29,30)25-12-15-3-2-10-31-15/h2-11,19,25H,12H2,1H3,(H,24,28)(H,26,27). The maximum absolute atomic E-state index is 13.6. The minimum absolute atomic E-state index is 0.0397. The van der Waals surface area contributed by atoms with Crippen molar-refractivity contribution in [2.75, 3.05) is 7.05 Å². The molecular formula is C21H19F2N3O5S. The number of nitrogens with one attached hydrogen (secondary N) is 3. The molecular weight excluding hydrogens is 444 g/mol. The van der Waals surface area contributed by atoms with Gasteiger partial charge >= 0.3 is 0 Å². The number of carbonyl (C=O) groups is 2. The largest absolute Gasteiger partial charge is 0.468 e. The molecule has 168 valence electrons. The molecule has 0 saturated carbocycles. The molecule has 1 atom stereocenters. The number of benzene rings is 2. The molecule has 11 heteroatoms. The number of sulfonamides is 1. The van der Waals surface area contributed by atoms with Crippen molar-refractivity contribution in [1.82, 2.24) is 15.4 Å². The lowest BCUT2D eigenvalue weighted by Gasteiger charge is -2.18. The highest BCUT2D eigenvalue weighted by Crippen LogP contribution is 2.18. The molecule has 3 N–H and O–H groups in total. The Morgan fingerprint density at radius 3 is 2.34 bits per heavy atom. The van der Waals surface area contributed by atoms with E-state index < -0.39 is 39.5 Å². The summed E-state index contributed by atoms with van der Waals surface area (Å²) in [7, 11) is -2.52. The average molecular weight is 463 g/mol. The minimum Gasteiger partial charge on any atom is -0.468 e. The van der Waals surface area contributed by atoms with Gasteiger partial charge in [-0.2, -0.15) is 0 Å². The SMILES string of the molecule is CNC(=O)C(NC(=O)c1ccc(S(=O)(=O)NCc2ccco2)cc1)c1ccc(F)c(F)c1. The molecule has 0 aliphatic rings. The van der Waals surface area contributed by atoms with E-state index in [1.807, 2.05) is 0 Å². The molecule has 1 heterocycles. The molecule has 1 aromatic heterocycles. The zero-order valence-electron chi connectivity index (χ0n) is 16.8. The predicted octanol–water partition coefficient (Wildman–Crippen LogP) is 2.25. The van der Waals surface area contributed by atoms with E-state index in [1.54, 1.807) is 12.1 Å². The molecule has 1 unspecified atom stereocenters. The van der Waals surface area contributed by atoms with Crippen molar-refractivity contribution in [3.63, 3.8) is 0 Å². The molecule has 0 aliphatic carbocycles. The van der Waals surface area contributed by atoms with Crippen LogP contribution in [0.5, 0.6) is 0 Å². The number of halogens is 2. The Labute approximate surface area is 182 Å². The highest BCUT2D eigenvalue weighted by atomic mass is 32.2. The van der Waals surface area contributed by atoms with E-state index in [-0.39, 0.29) is 22.6 Å². The third kappa shape index (κ3) is 5.37. The quantitative estimate of drug-likeness (QED) is 0.474. The fourth-order valence-corrected chi connectivity index (χ4v) is 3.79. The first-order valence-electron chi connectivity index (χ1n) is 9.31. The number of furan rings is 1. The summed E-state index contributed by atoms with van der Waals surface area (Å²) in [5.41, 5.74) is 0.101. The van der Waals surface area contributed by atoms with Gasteiger partial charge in [-0.25, -0.2) is 21.9 Å². The summed E-state index contributed by atoms with van der Waals surface area (Å²) in [4.78, 5) is 24.7. The lowest BCUT2D eigenvalue weighted by atomic mass is 10.0. The van der Waals surface area contributed by atoms with Crippen molar-refractivity contribution in [2.24, 2.45) is 0 Å². The Hall–Kier alpha value is -3.57. The molecule has 3 rings (SSSR count). The second-order valence-corrected chi connectivity index (χ2v) is 8.39. The Morgan fingerprint density at radius 1 is 1.03 bits per heavy atom. The smallest absolute Gasteiger partial charge is 0.252 e. The van der Waals surface area contributed by atoms with Crippen LogP contribution < -0.4 is 15.4 Å². The second-order valence-electron chi connectivity index (χ2n) is 6.62. The van der Waals surface area contributed by atoms with E-state index in [4.69, 9.17) is 4.42 Å². The molecule has 0 bridgehead atoms. The van der Waals surface area contributed by atoms with Crippen LogP contribution in [0.25, 0.3) is 0 Å². The third-order valence-corrected chi connectivity index (χ3v) is 5.92. The average Bonchev–Trinajstić information content (AvgIpc) is 3.31. The summed E-state index contributed by atoms with van der Waals surface area (Å²) in [5, 5.41) is 4.78. The molecule has 0 aliphatic heterocycles. The summed E-state index contributed by atoms with van der Waals surface area (Å²) in [5.74, 6) is -3.18. The van der Waals surface area contributed by atoms with Crippen LogP contribution in [0.3, 0.4) is 0 Å². The van der Waals surface area contributed by atoms with Crippen LogP contribution in [0, 0.1) is 11.6 Å². The zero-order chi connectivity index (χ0) is 23.3. The van der Waals surface area contributed by atoms with E-state index in [1.165, 1.54) is 43.6 Å². The van der Waals surface area contributed by atoms with Gasteiger partial charge in [-0.1, -0.05) is 6.07 Å². The van der Waals surface area contributed by atoms with Gasteiger partial charge in [-0.05, 0) is 54.1 Å². The van der Waals surface area contributed by atoms with E-state index in [0.717, 1.165) is 12.1 Å². The van der Waals surface area contributed by atoms with Crippen LogP contribution in [0.4, 0.5) is 8.78 Å². The summed E-state index contributed by atoms with van der Waals surface area (Å²) >= 11 is 0. The summed E-state index contributed by atoms with van der Waals surface area (Å²) in [6.45, 7) is -0.0421. The van der Waals surface area contributed by atoms with Crippen molar-refractivity contribution in [1.29, 1.82) is 0 Å². The Morgan fingerprint density at radius 2 is 1.75 bits per heavy atom. The monoisotopic (exact) mass is 463 g/mol. The van der Waals surface area contributed by atoms with Crippen LogP contribution in [0.2, 0.25) is 0 Å². The first-order valence-corrected chi connectivity index (χ1v) is 10.8. The van der Waals surface area contributed by atoms with Gasteiger partial charge in [0.25, 0.3) is 5.91 Å². The first kappa shape index (κ1) is 23.1. The predicted molar refractivity (Wildman–Crippen MR) is 110 cm³/mol. The lowest BCUT2D eigenvalue weighted by Crippen LogP contribution is -2.39. The Balaban J connectivity index is 1.74. The number of hydrogen-bond acceptors (Lipinski definition) is 5. The van der Waals surface area contributed by atoms with Gasteiger partial charge in [-0.15, -0.1) is 0 Å². The van der Waals surface area contributed by atoms with Crippen molar-refractivity contribution in [2.45, 2.75) is 17.5 Å². The van der Waals surface area contributed by atoms with Crippen LogP contribution in [0.1, 0.15) is 27.7 Å². The maximum Gasteiger partial charge on any atom is 0.252 e. The van der Waals surface area contributed by atoms with E-state index in [9.17, 15) is 26.8 Å². The van der Waals surface area contributed by atoms with Crippen LogP contribution in [-0.4, -0.2) is 27.3 Å². The number of likely N-dealkylation sites (N-methyl/N-ethyl adjacent to an activating group) is 1. The van der Waals surface area contributed by atoms with Crippen molar-refractivity contribution < 1.29 is 31.2 Å². The zero-order valence-corrected chi connectivity index (χ0v) is 17.6. The molecule has 3 aromatic rings. The highest BCUT2D eigenvalue weighted by Gasteiger charge is 2.24. The summed E-state index contributed by atoms with van der Waals surface area (Å²) < 4.78 is 59.0. The molecule has 32 heavy (non-hydrogen) atoms. The molecule has 8 nitrogen and oxygen atoms in total. The van der Waals surface area contributed by atoms with Gasteiger partial charge in [-0.3, -0.25) is 9.59 Å². The van der Waals surface area contributed by atoms with Crippen molar-refractivity contribution in [3.05, 3.63) is 89.4 Å². The van der Waals surface area contributed by atoms with Gasteiger partial charge in [0.1, 0.15) is 11.8 Å². The fourth-order valence-electron chi connectivity index (χ4n) is 2.80. The van der Waals surface area contributed by atoms with E-state index in [2.05, 4.69) is 15.4 Å². The number of rotatable bonds is 8. The Kier molecular flexibility index (Phi) is 7.01. The molecule has 0 radical (unpaired) electrons. The summed E-state index contributed by atoms with van der Waals surface area (Å²) in [6, 6.07) is 9.79. The molecule has 2 aromatic carbocycles. The van der Waals surface area contributed by atoms with Gasteiger partial charge in [0, 0.05) is 12.6 Å². The first-order chi connectivity index (χ1) is 15.2. The molecule has 0 fully saturated rings. The molecule has 0 spiro atoms. The number of hydrogen-bond donors (Lipinski definition) is 3. The number of amides is 2. The van der Waals surface area contributed by atoms with Crippen LogP contribution in [-0.2, 0) is 21.4 Å². The van der Waals surface area contributed by atoms with Gasteiger partial charge in [0.05, 0.1) is 17.7 Å². The lowest BCUT2D eigenvalue weighted by molar-refractivity contribution is -0.122. The van der Waals surface area contributed by atoms with Crippen LogP contribution >= 0.6 is 0 Å². The van der Waals surface area contributed by atoms with Gasteiger partial charge in [0.2, 0.25) is 15.9 Å². The van der Waals surface area contributed by atoms with Gasteiger partial charge < -0.3 is 15.1 Å². The normalized spacial score (nSPS) is 12.2. The molecule has 2 amide bonds. The van der Waals surface area contributed by atoms with E-state index in [0.29, 0.717) is 5.76 Å². The van der Waals surface area contributed by atoms with Crippen LogP contribution in [0.15, 0.2) is 70.2 Å². The van der Waals surface area contributed by atoms with Gasteiger partial charge in [0.15, 0.2) is 11.6 Å². The third-order valence-electron chi connectivity index (χ3n) is 4.50. The fraction of sp³-hybridized carbons (Fsp3) is 0.143. The van der Waals surface area contributed by atoms with Crippen molar-refractivity contribution >= 4 is 21.8 Å². The topological polar surface area (TPSA) is 118 Å². The Bertz CT molecular complexity index is 1210.